The number of fused-ring (bicyclic) bond motifs is 1. The first kappa shape index (κ1) is 29.9. The first-order valence-electron chi connectivity index (χ1n) is 13.9. The number of aryl methyl sites for hydroxylation is 3. The number of nitrogens with zero attached hydrogens (tertiary/aromatic N) is 1. The number of hydrogen-bond acceptors (Lipinski definition) is 6. The van der Waals surface area contributed by atoms with Gasteiger partial charge in [-0.25, -0.2) is 0 Å². The summed E-state index contributed by atoms with van der Waals surface area (Å²) >= 11 is 0. The van der Waals surface area contributed by atoms with Gasteiger partial charge in [-0.05, 0) is 75.4 Å². The Morgan fingerprint density at radius 3 is 2.27 bits per heavy atom. The van der Waals surface area contributed by atoms with Crippen LogP contribution < -0.4 is 10.2 Å². The average Bonchev–Trinajstić information content (AvgIpc) is 2.84. The Bertz CT molecular complexity index is 1380. The van der Waals surface area contributed by atoms with Gasteiger partial charge in [0, 0.05) is 19.6 Å². The van der Waals surface area contributed by atoms with Crippen LogP contribution in [0.5, 0.6) is 17.2 Å². The molecule has 6 nitrogen and oxygen atoms in total. The number of aromatic hydroxyl groups is 1. The SMILES string of the molecule is CCCCCCc1cc2c(=O)c(Oc3cc(C)cc(C)c3)c(C(F)(F)F)oc2c(CN2C[C@H](C)O[C@@H](C)C2)c1O. The van der Waals surface area contributed by atoms with Gasteiger partial charge in [-0.2, -0.15) is 13.2 Å². The minimum absolute atomic E-state index is 0.0416. The number of morpholine rings is 1. The Kier molecular flexibility index (Phi) is 9.15. The number of phenols is 1. The maximum absolute atomic E-state index is 14.3. The van der Waals surface area contributed by atoms with Gasteiger partial charge in [0.05, 0.1) is 23.2 Å². The Labute approximate surface area is 232 Å². The van der Waals surface area contributed by atoms with Crippen molar-refractivity contribution in [2.45, 2.75) is 91.7 Å². The number of halogens is 3. The summed E-state index contributed by atoms with van der Waals surface area (Å²) in [5.74, 6) is -2.45. The van der Waals surface area contributed by atoms with Crippen molar-refractivity contribution < 1.29 is 32.2 Å². The smallest absolute Gasteiger partial charge is 0.453 e. The van der Waals surface area contributed by atoms with E-state index in [9.17, 15) is 23.1 Å². The number of hydrogen-bond donors (Lipinski definition) is 1. The third-order valence-corrected chi connectivity index (χ3v) is 7.14. The Hall–Kier alpha value is -3.04. The summed E-state index contributed by atoms with van der Waals surface area (Å²) in [6, 6.07) is 6.45. The molecule has 40 heavy (non-hydrogen) atoms. The van der Waals surface area contributed by atoms with E-state index in [0.29, 0.717) is 25.1 Å². The van der Waals surface area contributed by atoms with Gasteiger partial charge in [-0.1, -0.05) is 32.3 Å². The number of benzene rings is 2. The molecule has 0 aliphatic carbocycles. The molecular weight excluding hydrogens is 523 g/mol. The summed E-state index contributed by atoms with van der Waals surface area (Å²) in [4.78, 5) is 15.8. The molecule has 4 rings (SSSR count). The number of ether oxygens (including phenoxy) is 2. The number of alkyl halides is 3. The third kappa shape index (κ3) is 6.81. The van der Waals surface area contributed by atoms with Crippen molar-refractivity contribution in [3.05, 3.63) is 62.5 Å². The molecule has 9 heteroatoms. The molecule has 2 aromatic carbocycles. The zero-order valence-electron chi connectivity index (χ0n) is 23.8. The maximum atomic E-state index is 14.3. The molecular formula is C31H38F3NO5. The predicted molar refractivity (Wildman–Crippen MR) is 148 cm³/mol. The van der Waals surface area contributed by atoms with Crippen molar-refractivity contribution in [3.8, 4) is 17.2 Å². The summed E-state index contributed by atoms with van der Waals surface area (Å²) < 4.78 is 59.9. The molecule has 0 unspecified atom stereocenters. The van der Waals surface area contributed by atoms with Gasteiger partial charge < -0.3 is 19.0 Å². The fraction of sp³-hybridized carbons (Fsp3) is 0.516. The monoisotopic (exact) mass is 561 g/mol. The first-order valence-corrected chi connectivity index (χ1v) is 13.9. The van der Waals surface area contributed by atoms with Crippen LogP contribution in [0, 0.1) is 13.8 Å². The van der Waals surface area contributed by atoms with E-state index < -0.39 is 23.1 Å². The molecule has 0 radical (unpaired) electrons. The van der Waals surface area contributed by atoms with Crippen LogP contribution in [-0.2, 0) is 23.9 Å². The molecule has 0 amide bonds. The topological polar surface area (TPSA) is 72.1 Å². The second-order valence-corrected chi connectivity index (χ2v) is 11.0. The second kappa shape index (κ2) is 12.2. The van der Waals surface area contributed by atoms with E-state index in [-0.39, 0.29) is 46.8 Å². The van der Waals surface area contributed by atoms with Crippen LogP contribution >= 0.6 is 0 Å². The van der Waals surface area contributed by atoms with E-state index in [0.717, 1.165) is 36.8 Å². The van der Waals surface area contributed by atoms with Crippen LogP contribution in [0.3, 0.4) is 0 Å². The van der Waals surface area contributed by atoms with Gasteiger partial charge >= 0.3 is 6.18 Å². The van der Waals surface area contributed by atoms with E-state index in [2.05, 4.69) is 6.92 Å². The molecule has 0 bridgehead atoms. The van der Waals surface area contributed by atoms with Gasteiger partial charge in [0.25, 0.3) is 5.76 Å². The van der Waals surface area contributed by atoms with Crippen LogP contribution in [0.4, 0.5) is 13.2 Å². The lowest BCUT2D eigenvalue weighted by atomic mass is 9.98. The highest BCUT2D eigenvalue weighted by molar-refractivity contribution is 5.85. The van der Waals surface area contributed by atoms with E-state index in [4.69, 9.17) is 13.9 Å². The predicted octanol–water partition coefficient (Wildman–Crippen LogP) is 7.66. The molecule has 218 valence electrons. The Morgan fingerprint density at radius 2 is 1.68 bits per heavy atom. The van der Waals surface area contributed by atoms with Crippen LogP contribution in [-0.4, -0.2) is 35.3 Å². The molecule has 1 fully saturated rings. The van der Waals surface area contributed by atoms with Crippen molar-refractivity contribution in [2.75, 3.05) is 13.1 Å². The van der Waals surface area contributed by atoms with E-state index >= 15 is 0 Å². The lowest BCUT2D eigenvalue weighted by Gasteiger charge is -2.35. The Morgan fingerprint density at radius 1 is 1.02 bits per heavy atom. The van der Waals surface area contributed by atoms with Gasteiger partial charge in [-0.15, -0.1) is 0 Å². The summed E-state index contributed by atoms with van der Waals surface area (Å²) in [5, 5.41) is 11.3. The van der Waals surface area contributed by atoms with Crippen LogP contribution in [0.2, 0.25) is 0 Å². The highest BCUT2D eigenvalue weighted by Gasteiger charge is 2.41. The molecule has 2 heterocycles. The molecule has 1 aromatic heterocycles. The molecule has 1 saturated heterocycles. The lowest BCUT2D eigenvalue weighted by molar-refractivity contribution is -0.154. The fourth-order valence-electron chi connectivity index (χ4n) is 5.54. The minimum atomic E-state index is -5.00. The number of phenolic OH excluding ortho intramolecular Hbond substituents is 1. The highest BCUT2D eigenvalue weighted by atomic mass is 19.4. The number of rotatable bonds is 9. The standard InChI is InChI=1S/C31H38F3NO5/c1-6-7-8-9-10-22-14-24-27(37)29(39-23-12-18(2)11-19(3)13-23)30(31(32,33)34)40-28(24)25(26(22)36)17-35-15-20(4)38-21(5)16-35/h11-14,20-21,36H,6-10,15-17H2,1-5H3/t20-,21-/m0/s1. The molecule has 0 saturated carbocycles. The summed E-state index contributed by atoms with van der Waals surface area (Å²) in [5.41, 5.74) is 1.05. The molecule has 2 atom stereocenters. The first-order chi connectivity index (χ1) is 18.9. The third-order valence-electron chi connectivity index (χ3n) is 7.14. The van der Waals surface area contributed by atoms with Crippen molar-refractivity contribution in [1.29, 1.82) is 0 Å². The van der Waals surface area contributed by atoms with Crippen LogP contribution in [0.25, 0.3) is 11.0 Å². The lowest BCUT2D eigenvalue weighted by Crippen LogP contribution is -2.44. The molecule has 1 aliphatic heterocycles. The van der Waals surface area contributed by atoms with Gasteiger partial charge in [0.15, 0.2) is 0 Å². The summed E-state index contributed by atoms with van der Waals surface area (Å²) in [6.07, 6.45) is -0.940. The van der Waals surface area contributed by atoms with Crippen molar-refractivity contribution in [3.63, 3.8) is 0 Å². The quantitative estimate of drug-likeness (QED) is 0.271. The second-order valence-electron chi connectivity index (χ2n) is 11.0. The maximum Gasteiger partial charge on any atom is 0.453 e. The molecule has 1 N–H and O–H groups in total. The minimum Gasteiger partial charge on any atom is -0.507 e. The number of unbranched alkanes of at least 4 members (excludes halogenated alkanes) is 3. The van der Waals surface area contributed by atoms with Crippen molar-refractivity contribution in [1.82, 2.24) is 4.90 Å². The van der Waals surface area contributed by atoms with E-state index in [1.54, 1.807) is 26.0 Å². The van der Waals surface area contributed by atoms with Gasteiger partial charge in [0.1, 0.15) is 17.1 Å². The zero-order chi connectivity index (χ0) is 29.2. The van der Waals surface area contributed by atoms with Gasteiger partial charge in [0.2, 0.25) is 11.2 Å². The van der Waals surface area contributed by atoms with Crippen molar-refractivity contribution >= 4 is 11.0 Å². The Balaban J connectivity index is 1.90. The molecule has 0 spiro atoms. The largest absolute Gasteiger partial charge is 0.507 e. The van der Waals surface area contributed by atoms with Crippen molar-refractivity contribution in [2.24, 2.45) is 0 Å². The average molecular weight is 562 g/mol. The zero-order valence-corrected chi connectivity index (χ0v) is 23.8. The van der Waals surface area contributed by atoms with Crippen LogP contribution in [0.1, 0.15) is 74.5 Å². The highest BCUT2D eigenvalue weighted by Crippen LogP contribution is 2.41. The fourth-order valence-corrected chi connectivity index (χ4v) is 5.54. The summed E-state index contributed by atoms with van der Waals surface area (Å²) in [7, 11) is 0. The normalized spacial score (nSPS) is 18.4. The van der Waals surface area contributed by atoms with E-state index in [1.165, 1.54) is 6.07 Å². The summed E-state index contributed by atoms with van der Waals surface area (Å²) in [6.45, 7) is 10.7. The molecule has 3 aromatic rings. The molecule has 1 aliphatic rings. The van der Waals surface area contributed by atoms with E-state index in [1.807, 2.05) is 24.8 Å². The van der Waals surface area contributed by atoms with Gasteiger partial charge in [-0.3, -0.25) is 9.69 Å². The van der Waals surface area contributed by atoms with Crippen LogP contribution in [0.15, 0.2) is 33.5 Å².